The maximum Gasteiger partial charge on any atom is 0.161 e. The van der Waals surface area contributed by atoms with E-state index in [9.17, 15) is 5.11 Å². The Hall–Kier alpha value is -2.45. The maximum absolute atomic E-state index is 11.2. The lowest BCUT2D eigenvalue weighted by atomic mass is 9.96. The molecule has 2 heterocycles. The molecule has 0 spiro atoms. The van der Waals surface area contributed by atoms with Gasteiger partial charge in [-0.05, 0) is 62.6 Å². The van der Waals surface area contributed by atoms with Gasteiger partial charge < -0.3 is 23.9 Å². The lowest BCUT2D eigenvalue weighted by molar-refractivity contribution is -0.0168. The minimum Gasteiger partial charge on any atom is -0.493 e. The SMILES string of the molecule is COc1cc(CN2CCC[C@](O)(COc3ccc(Cl)c(Cl)c3)CC2)ccc1OCCn1ccnc1C. The topological polar surface area (TPSA) is 69.0 Å². The van der Waals surface area contributed by atoms with Crippen LogP contribution < -0.4 is 14.2 Å². The zero-order chi connectivity index (χ0) is 25.5. The summed E-state index contributed by atoms with van der Waals surface area (Å²) < 4.78 is 19.5. The molecule has 1 saturated heterocycles. The second-order valence-electron chi connectivity index (χ2n) is 9.22. The first-order chi connectivity index (χ1) is 17.3. The summed E-state index contributed by atoms with van der Waals surface area (Å²) in [5, 5.41) is 12.1. The van der Waals surface area contributed by atoms with Crippen LogP contribution in [0.25, 0.3) is 0 Å². The standard InChI is InChI=1S/C27H33Cl2N3O4/c1-20-30-10-13-32(20)14-15-35-25-7-4-21(16-26(25)34-2)18-31-11-3-8-27(33,9-12-31)19-36-22-5-6-23(28)24(29)17-22/h4-7,10,13,16-17,33H,3,8-9,11-12,14-15,18-19H2,1-2H3/t27-/m1/s1. The van der Waals surface area contributed by atoms with E-state index in [0.717, 1.165) is 55.5 Å². The summed E-state index contributed by atoms with van der Waals surface area (Å²) in [7, 11) is 1.66. The van der Waals surface area contributed by atoms with Crippen LogP contribution in [-0.4, -0.2) is 58.6 Å². The number of hydrogen-bond donors (Lipinski definition) is 1. The Bertz CT molecular complexity index is 1160. The highest BCUT2D eigenvalue weighted by Crippen LogP contribution is 2.31. The van der Waals surface area contributed by atoms with Gasteiger partial charge in [-0.2, -0.15) is 0 Å². The Kier molecular flexibility index (Phi) is 9.01. The summed E-state index contributed by atoms with van der Waals surface area (Å²) in [6, 6.07) is 11.2. The Balaban J connectivity index is 1.29. The molecular weight excluding hydrogens is 501 g/mol. The molecule has 1 atom stereocenters. The first-order valence-corrected chi connectivity index (χ1v) is 12.9. The molecule has 1 aromatic heterocycles. The molecule has 4 rings (SSSR count). The molecule has 0 bridgehead atoms. The molecule has 0 aliphatic carbocycles. The number of aryl methyl sites for hydroxylation is 1. The van der Waals surface area contributed by atoms with E-state index in [1.165, 1.54) is 0 Å². The molecule has 194 valence electrons. The lowest BCUT2D eigenvalue weighted by Crippen LogP contribution is -2.37. The number of nitrogens with zero attached hydrogens (tertiary/aromatic N) is 3. The van der Waals surface area contributed by atoms with Gasteiger partial charge in [0.1, 0.15) is 24.8 Å². The average Bonchev–Trinajstić information content (AvgIpc) is 3.18. The van der Waals surface area contributed by atoms with E-state index < -0.39 is 5.60 Å². The molecule has 0 unspecified atom stereocenters. The van der Waals surface area contributed by atoms with E-state index in [2.05, 4.69) is 20.5 Å². The van der Waals surface area contributed by atoms with Crippen molar-refractivity contribution in [2.45, 2.75) is 44.9 Å². The van der Waals surface area contributed by atoms with E-state index in [4.69, 9.17) is 37.4 Å². The van der Waals surface area contributed by atoms with E-state index >= 15 is 0 Å². The van der Waals surface area contributed by atoms with Gasteiger partial charge in [0.2, 0.25) is 0 Å². The van der Waals surface area contributed by atoms with Crippen molar-refractivity contribution in [1.82, 2.24) is 14.5 Å². The third-order valence-electron chi connectivity index (χ3n) is 6.56. The van der Waals surface area contributed by atoms with Gasteiger partial charge in [-0.15, -0.1) is 0 Å². The second-order valence-corrected chi connectivity index (χ2v) is 10.0. The summed E-state index contributed by atoms with van der Waals surface area (Å²) in [5.74, 6) is 3.01. The molecule has 2 aromatic carbocycles. The first-order valence-electron chi connectivity index (χ1n) is 12.2. The molecule has 36 heavy (non-hydrogen) atoms. The van der Waals surface area contributed by atoms with Gasteiger partial charge in [0.25, 0.3) is 0 Å². The Morgan fingerprint density at radius 1 is 1.03 bits per heavy atom. The molecule has 9 heteroatoms. The van der Waals surface area contributed by atoms with E-state index in [-0.39, 0.29) is 6.61 Å². The van der Waals surface area contributed by atoms with E-state index in [0.29, 0.717) is 35.2 Å². The number of rotatable bonds is 10. The van der Waals surface area contributed by atoms with Gasteiger partial charge in [-0.1, -0.05) is 29.3 Å². The fourth-order valence-corrected chi connectivity index (χ4v) is 4.69. The summed E-state index contributed by atoms with van der Waals surface area (Å²) in [6.07, 6.45) is 5.92. The third-order valence-corrected chi connectivity index (χ3v) is 7.30. The molecule has 1 N–H and O–H groups in total. The molecule has 1 fully saturated rings. The fraction of sp³-hybridized carbons (Fsp3) is 0.444. The molecule has 1 aliphatic heterocycles. The van der Waals surface area contributed by atoms with E-state index in [1.807, 2.05) is 25.3 Å². The van der Waals surface area contributed by atoms with Gasteiger partial charge >= 0.3 is 0 Å². The van der Waals surface area contributed by atoms with Crippen LogP contribution in [0.3, 0.4) is 0 Å². The van der Waals surface area contributed by atoms with Crippen LogP contribution in [0.2, 0.25) is 10.0 Å². The number of methoxy groups -OCH3 is 1. The maximum atomic E-state index is 11.2. The summed E-state index contributed by atoms with van der Waals surface area (Å²) in [6.45, 7) is 5.89. The van der Waals surface area contributed by atoms with Crippen LogP contribution in [0, 0.1) is 6.92 Å². The zero-order valence-electron chi connectivity index (χ0n) is 20.8. The number of hydrogen-bond acceptors (Lipinski definition) is 6. The van der Waals surface area contributed by atoms with Crippen molar-refractivity contribution < 1.29 is 19.3 Å². The predicted octanol–water partition coefficient (Wildman–Crippen LogP) is 5.38. The largest absolute Gasteiger partial charge is 0.493 e. The number of imidazole rings is 1. The molecular formula is C27H33Cl2N3O4. The Morgan fingerprint density at radius 3 is 2.64 bits per heavy atom. The zero-order valence-corrected chi connectivity index (χ0v) is 22.3. The van der Waals surface area contributed by atoms with Crippen molar-refractivity contribution in [3.63, 3.8) is 0 Å². The molecule has 3 aromatic rings. The van der Waals surface area contributed by atoms with Crippen LogP contribution in [0.4, 0.5) is 0 Å². The average molecular weight is 534 g/mol. The number of benzene rings is 2. The highest BCUT2D eigenvalue weighted by atomic mass is 35.5. The fourth-order valence-electron chi connectivity index (χ4n) is 4.40. The number of halogens is 2. The van der Waals surface area contributed by atoms with Crippen molar-refractivity contribution in [1.29, 1.82) is 0 Å². The molecule has 7 nitrogen and oxygen atoms in total. The molecule has 0 radical (unpaired) electrons. The monoisotopic (exact) mass is 533 g/mol. The number of aromatic nitrogens is 2. The van der Waals surface area contributed by atoms with Crippen molar-refractivity contribution in [3.8, 4) is 17.2 Å². The van der Waals surface area contributed by atoms with Crippen molar-refractivity contribution in [2.24, 2.45) is 0 Å². The van der Waals surface area contributed by atoms with Gasteiger partial charge in [0.05, 0.1) is 29.3 Å². The minimum absolute atomic E-state index is 0.220. The highest BCUT2D eigenvalue weighted by molar-refractivity contribution is 6.42. The quantitative estimate of drug-likeness (QED) is 0.377. The summed E-state index contributed by atoms with van der Waals surface area (Å²) >= 11 is 12.0. The van der Waals surface area contributed by atoms with Crippen LogP contribution in [0.15, 0.2) is 48.8 Å². The van der Waals surface area contributed by atoms with Crippen molar-refractivity contribution in [3.05, 3.63) is 70.2 Å². The van der Waals surface area contributed by atoms with Crippen LogP contribution >= 0.6 is 23.2 Å². The number of aliphatic hydroxyl groups is 1. The molecule has 0 saturated carbocycles. The number of ether oxygens (including phenoxy) is 3. The lowest BCUT2D eigenvalue weighted by Gasteiger charge is -2.27. The van der Waals surface area contributed by atoms with Crippen molar-refractivity contribution in [2.75, 3.05) is 33.4 Å². The normalized spacial score (nSPS) is 18.6. The van der Waals surface area contributed by atoms with Crippen molar-refractivity contribution >= 4 is 23.2 Å². The Labute approximate surface area is 222 Å². The van der Waals surface area contributed by atoms with Crippen LogP contribution in [-0.2, 0) is 13.1 Å². The van der Waals surface area contributed by atoms with Gasteiger partial charge in [0, 0.05) is 31.5 Å². The third kappa shape index (κ3) is 7.07. The van der Waals surface area contributed by atoms with Gasteiger partial charge in [0.15, 0.2) is 11.5 Å². The van der Waals surface area contributed by atoms with Gasteiger partial charge in [-0.3, -0.25) is 4.90 Å². The molecule has 1 aliphatic rings. The van der Waals surface area contributed by atoms with Crippen LogP contribution in [0.5, 0.6) is 17.2 Å². The number of likely N-dealkylation sites (tertiary alicyclic amines) is 1. The van der Waals surface area contributed by atoms with Crippen LogP contribution in [0.1, 0.15) is 30.7 Å². The minimum atomic E-state index is -0.885. The first kappa shape index (κ1) is 26.6. The smallest absolute Gasteiger partial charge is 0.161 e. The van der Waals surface area contributed by atoms with Gasteiger partial charge in [-0.25, -0.2) is 4.98 Å². The Morgan fingerprint density at radius 2 is 1.89 bits per heavy atom. The summed E-state index contributed by atoms with van der Waals surface area (Å²) in [5.41, 5.74) is 0.256. The molecule has 0 amide bonds. The predicted molar refractivity (Wildman–Crippen MR) is 141 cm³/mol. The second kappa shape index (κ2) is 12.2. The highest BCUT2D eigenvalue weighted by Gasteiger charge is 2.31. The summed E-state index contributed by atoms with van der Waals surface area (Å²) in [4.78, 5) is 6.59. The van der Waals surface area contributed by atoms with E-state index in [1.54, 1.807) is 31.5 Å².